The van der Waals surface area contributed by atoms with Crippen molar-refractivity contribution in [2.45, 2.75) is 32.6 Å². The Morgan fingerprint density at radius 2 is 1.74 bits per heavy atom. The molecular weight excluding hydrogens is 386 g/mol. The van der Waals surface area contributed by atoms with Gasteiger partial charge in [-0.15, -0.1) is 0 Å². The van der Waals surface area contributed by atoms with Gasteiger partial charge in [0.05, 0.1) is 0 Å². The van der Waals surface area contributed by atoms with Gasteiger partial charge in [-0.3, -0.25) is 0 Å². The van der Waals surface area contributed by atoms with Crippen molar-refractivity contribution in [2.24, 2.45) is 5.92 Å². The summed E-state index contributed by atoms with van der Waals surface area (Å²) in [6.07, 6.45) is 6.01. The Morgan fingerprint density at radius 1 is 1.06 bits per heavy atom. The molecule has 4 rings (SSSR count). The lowest BCUT2D eigenvalue weighted by Gasteiger charge is -2.33. The molecule has 1 aliphatic carbocycles. The Labute approximate surface area is 185 Å². The van der Waals surface area contributed by atoms with Crippen LogP contribution in [-0.4, -0.2) is 53.3 Å². The maximum absolute atomic E-state index is 10.9. The Hall–Kier alpha value is -2.79. The summed E-state index contributed by atoms with van der Waals surface area (Å²) in [6.45, 7) is 12.3. The van der Waals surface area contributed by atoms with Crippen LogP contribution in [0.15, 0.2) is 54.3 Å². The van der Waals surface area contributed by atoms with Crippen LogP contribution in [0.1, 0.15) is 38.2 Å². The number of phenolic OH excluding ortho intramolecular Hbond substituents is 2. The Morgan fingerprint density at radius 3 is 2.32 bits per heavy atom. The fourth-order valence-corrected chi connectivity index (χ4v) is 4.82. The number of hydrogen-bond acceptors (Lipinski definition) is 5. The average molecular weight is 420 g/mol. The molecule has 164 valence electrons. The van der Waals surface area contributed by atoms with E-state index in [4.69, 9.17) is 0 Å². The number of nitrogens with zero attached hydrogens (tertiary/aromatic N) is 3. The van der Waals surface area contributed by atoms with Gasteiger partial charge in [-0.2, -0.15) is 0 Å². The zero-order chi connectivity index (χ0) is 22.1. The Balaban J connectivity index is 1.61. The minimum absolute atomic E-state index is 0.0574. The number of rotatable bonds is 4. The van der Waals surface area contributed by atoms with Crippen molar-refractivity contribution in [1.82, 2.24) is 9.88 Å². The van der Waals surface area contributed by atoms with Crippen molar-refractivity contribution < 1.29 is 10.2 Å². The van der Waals surface area contributed by atoms with Gasteiger partial charge in [0, 0.05) is 49.4 Å². The predicted octanol–water partition coefficient (Wildman–Crippen LogP) is 4.93. The van der Waals surface area contributed by atoms with Gasteiger partial charge in [0.25, 0.3) is 0 Å². The molecule has 1 aromatic carbocycles. The molecule has 5 nitrogen and oxygen atoms in total. The maximum atomic E-state index is 10.9. The van der Waals surface area contributed by atoms with Crippen LogP contribution in [0.3, 0.4) is 0 Å². The topological polar surface area (TPSA) is 59.8 Å². The molecule has 2 heterocycles. The van der Waals surface area contributed by atoms with Crippen molar-refractivity contribution in [1.29, 1.82) is 0 Å². The van der Waals surface area contributed by atoms with Crippen molar-refractivity contribution in [3.05, 3.63) is 59.8 Å². The van der Waals surface area contributed by atoms with Gasteiger partial charge in [0.15, 0.2) is 0 Å². The third-order valence-electron chi connectivity index (χ3n) is 6.76. The van der Waals surface area contributed by atoms with Crippen LogP contribution in [0.25, 0.3) is 11.1 Å². The highest BCUT2D eigenvalue weighted by molar-refractivity contribution is 5.70. The molecule has 31 heavy (non-hydrogen) atoms. The van der Waals surface area contributed by atoms with E-state index in [1.165, 1.54) is 5.57 Å². The molecule has 2 aliphatic rings. The van der Waals surface area contributed by atoms with E-state index >= 15 is 0 Å². The molecule has 1 saturated heterocycles. The molecule has 0 saturated carbocycles. The predicted molar refractivity (Wildman–Crippen MR) is 127 cm³/mol. The fraction of sp³-hybridized carbons (Fsp3) is 0.423. The average Bonchev–Trinajstić information content (AvgIpc) is 2.74. The minimum atomic E-state index is -0.0574. The van der Waals surface area contributed by atoms with Crippen molar-refractivity contribution in [3.8, 4) is 22.6 Å². The highest BCUT2D eigenvalue weighted by Crippen LogP contribution is 2.47. The summed E-state index contributed by atoms with van der Waals surface area (Å²) < 4.78 is 0. The largest absolute Gasteiger partial charge is 0.507 e. The van der Waals surface area contributed by atoms with Crippen LogP contribution < -0.4 is 4.90 Å². The first-order valence-corrected chi connectivity index (χ1v) is 11.1. The molecule has 0 spiro atoms. The van der Waals surface area contributed by atoms with E-state index in [1.54, 1.807) is 12.1 Å². The highest BCUT2D eigenvalue weighted by Gasteiger charge is 2.30. The first-order valence-electron chi connectivity index (χ1n) is 11.1. The molecule has 2 aromatic rings. The van der Waals surface area contributed by atoms with Crippen molar-refractivity contribution in [3.63, 3.8) is 0 Å². The van der Waals surface area contributed by atoms with Gasteiger partial charge in [0.2, 0.25) is 0 Å². The number of hydrogen-bond donors (Lipinski definition) is 2. The lowest BCUT2D eigenvalue weighted by atomic mass is 9.73. The monoisotopic (exact) mass is 419 g/mol. The first kappa shape index (κ1) is 21.4. The lowest BCUT2D eigenvalue weighted by molar-refractivity contribution is 0.312. The fourth-order valence-electron chi connectivity index (χ4n) is 4.82. The second-order valence-electron chi connectivity index (χ2n) is 9.15. The van der Waals surface area contributed by atoms with Gasteiger partial charge < -0.3 is 20.0 Å². The molecule has 1 fully saturated rings. The van der Waals surface area contributed by atoms with Gasteiger partial charge in [-0.1, -0.05) is 23.8 Å². The van der Waals surface area contributed by atoms with Crippen LogP contribution in [0.2, 0.25) is 0 Å². The maximum Gasteiger partial charge on any atom is 0.128 e. The normalized spacial score (nSPS) is 22.3. The van der Waals surface area contributed by atoms with E-state index in [0.717, 1.165) is 61.5 Å². The second-order valence-corrected chi connectivity index (χ2v) is 9.15. The number of allylic oxidation sites excluding steroid dienone is 3. The SMILES string of the molecule is C=C(C)[C@@H]1CCC(C)=C[C@H]1c1c(O)cc(-c2ccc(N3CCN(C)CC3)nc2)cc1O. The van der Waals surface area contributed by atoms with E-state index in [9.17, 15) is 10.2 Å². The summed E-state index contributed by atoms with van der Waals surface area (Å²) >= 11 is 0. The number of likely N-dealkylation sites (N-methyl/N-ethyl adjacent to an activating group) is 1. The van der Waals surface area contributed by atoms with Crippen molar-refractivity contribution >= 4 is 5.82 Å². The van der Waals surface area contributed by atoms with E-state index < -0.39 is 0 Å². The summed E-state index contributed by atoms with van der Waals surface area (Å²) in [5, 5.41) is 21.8. The molecule has 5 heteroatoms. The van der Waals surface area contributed by atoms with Crippen LogP contribution in [0.4, 0.5) is 5.82 Å². The molecule has 0 amide bonds. The summed E-state index contributed by atoms with van der Waals surface area (Å²) in [4.78, 5) is 9.25. The van der Waals surface area contributed by atoms with E-state index in [1.807, 2.05) is 25.3 Å². The van der Waals surface area contributed by atoms with Crippen LogP contribution in [-0.2, 0) is 0 Å². The Bertz CT molecular complexity index is 965. The number of pyridine rings is 1. The number of phenols is 2. The zero-order valence-corrected chi connectivity index (χ0v) is 18.8. The third kappa shape index (κ3) is 4.47. The molecule has 1 aliphatic heterocycles. The summed E-state index contributed by atoms with van der Waals surface area (Å²) in [6, 6.07) is 7.52. The number of anilines is 1. The number of aromatic nitrogens is 1. The molecule has 2 N–H and O–H groups in total. The van der Waals surface area contributed by atoms with E-state index in [0.29, 0.717) is 5.56 Å². The first-order chi connectivity index (χ1) is 14.8. The van der Waals surface area contributed by atoms with Crippen LogP contribution >= 0.6 is 0 Å². The second kappa shape index (κ2) is 8.75. The highest BCUT2D eigenvalue weighted by atomic mass is 16.3. The summed E-state index contributed by atoms with van der Waals surface area (Å²) in [5.74, 6) is 1.38. The standard InChI is InChI=1S/C26H33N3O2/c1-17(2)21-7-5-18(3)13-22(21)26-23(30)14-20(15-24(26)31)19-6-8-25(27-16-19)29-11-9-28(4)10-12-29/h6,8,13-16,21-22,30-31H,1,5,7,9-12H2,2-4H3/t21-,22+/m0/s1. The Kier molecular flexibility index (Phi) is 6.05. The van der Waals surface area contributed by atoms with Gasteiger partial charge in [0.1, 0.15) is 17.3 Å². The smallest absolute Gasteiger partial charge is 0.128 e. The lowest BCUT2D eigenvalue weighted by Crippen LogP contribution is -2.44. The quantitative estimate of drug-likeness (QED) is 0.689. The molecule has 2 atom stereocenters. The van der Waals surface area contributed by atoms with Gasteiger partial charge in [-0.25, -0.2) is 4.98 Å². The van der Waals surface area contributed by atoms with E-state index in [-0.39, 0.29) is 23.3 Å². The van der Waals surface area contributed by atoms with Crippen LogP contribution in [0, 0.1) is 5.92 Å². The molecule has 0 radical (unpaired) electrons. The van der Waals surface area contributed by atoms with Gasteiger partial charge in [-0.05, 0) is 69.5 Å². The van der Waals surface area contributed by atoms with Gasteiger partial charge >= 0.3 is 0 Å². The number of piperazine rings is 1. The minimum Gasteiger partial charge on any atom is -0.507 e. The molecule has 0 unspecified atom stereocenters. The molecular formula is C26H33N3O2. The van der Waals surface area contributed by atoms with Crippen LogP contribution in [0.5, 0.6) is 11.5 Å². The number of aromatic hydroxyl groups is 2. The number of benzene rings is 1. The van der Waals surface area contributed by atoms with Crippen molar-refractivity contribution in [2.75, 3.05) is 38.1 Å². The summed E-state index contributed by atoms with van der Waals surface area (Å²) in [7, 11) is 2.14. The summed E-state index contributed by atoms with van der Waals surface area (Å²) in [5.41, 5.74) is 4.61. The molecule has 0 bridgehead atoms. The third-order valence-corrected chi connectivity index (χ3v) is 6.76. The zero-order valence-electron chi connectivity index (χ0n) is 18.8. The van der Waals surface area contributed by atoms with E-state index in [2.05, 4.69) is 41.4 Å². The molecule has 1 aromatic heterocycles.